The van der Waals surface area contributed by atoms with Crippen LogP contribution in [0.3, 0.4) is 0 Å². The first-order chi connectivity index (χ1) is 13.8. The van der Waals surface area contributed by atoms with E-state index in [0.717, 1.165) is 0 Å². The summed E-state index contributed by atoms with van der Waals surface area (Å²) in [5, 5.41) is 14.6. The number of aromatic nitrogens is 1. The van der Waals surface area contributed by atoms with Crippen LogP contribution < -0.4 is 15.4 Å². The minimum Gasteiger partial charge on any atom is -0.481 e. The van der Waals surface area contributed by atoms with Gasteiger partial charge in [0.2, 0.25) is 5.91 Å². The molecule has 0 aliphatic heterocycles. The minimum atomic E-state index is -1.05. The van der Waals surface area contributed by atoms with Crippen molar-refractivity contribution in [2.45, 2.75) is 53.5 Å². The van der Waals surface area contributed by atoms with Crippen LogP contribution in [0.4, 0.5) is 0 Å². The number of para-hydroxylation sites is 1. The number of carboxylic acid groups (broad SMARTS) is 1. The molecule has 0 saturated carbocycles. The predicted molar refractivity (Wildman–Crippen MR) is 111 cm³/mol. The molecule has 0 unspecified atom stereocenters. The Hall–Kier alpha value is -3.16. The predicted octanol–water partition coefficient (Wildman–Crippen LogP) is 3.02. The van der Waals surface area contributed by atoms with Crippen molar-refractivity contribution in [1.82, 2.24) is 15.6 Å². The fourth-order valence-corrected chi connectivity index (χ4v) is 2.55. The summed E-state index contributed by atoms with van der Waals surface area (Å²) in [4.78, 5) is 39.4. The van der Waals surface area contributed by atoms with Crippen molar-refractivity contribution in [2.24, 2.45) is 0 Å². The van der Waals surface area contributed by atoms with Gasteiger partial charge in [-0.15, -0.1) is 0 Å². The van der Waals surface area contributed by atoms with Gasteiger partial charge in [-0.05, 0) is 26.8 Å². The van der Waals surface area contributed by atoms with Crippen LogP contribution in [0.5, 0.6) is 5.75 Å². The number of hydrogen-bond acceptors (Lipinski definition) is 5. The molecule has 158 valence electrons. The molecule has 1 aromatic carbocycles. The summed E-state index contributed by atoms with van der Waals surface area (Å²) in [6.45, 7) is 9.25. The molecule has 0 aliphatic rings. The molecule has 29 heavy (non-hydrogen) atoms. The second kappa shape index (κ2) is 11.6. The highest BCUT2D eigenvalue weighted by Gasteiger charge is 2.21. The molecule has 0 aliphatic carbocycles. The van der Waals surface area contributed by atoms with Gasteiger partial charge in [0.25, 0.3) is 5.91 Å². The molecule has 2 rings (SSSR count). The van der Waals surface area contributed by atoms with Crippen molar-refractivity contribution in [3.8, 4) is 5.75 Å². The summed E-state index contributed by atoms with van der Waals surface area (Å²) >= 11 is 0. The number of carbonyl (C=O) groups is 3. The number of aliphatic carboxylic acids is 1. The van der Waals surface area contributed by atoms with Gasteiger partial charge in [0.15, 0.2) is 12.5 Å². The van der Waals surface area contributed by atoms with Gasteiger partial charge in [-0.3, -0.25) is 14.4 Å². The first-order valence-corrected chi connectivity index (χ1v) is 9.61. The first-order valence-electron chi connectivity index (χ1n) is 9.61. The van der Waals surface area contributed by atoms with Gasteiger partial charge in [0, 0.05) is 17.8 Å². The largest absolute Gasteiger partial charge is 0.481 e. The number of fused-ring (bicyclic) bond motifs is 1. The Bertz CT molecular complexity index is 865. The topological polar surface area (TPSA) is 118 Å². The van der Waals surface area contributed by atoms with Crippen LogP contribution in [0.2, 0.25) is 0 Å². The fourth-order valence-electron chi connectivity index (χ4n) is 2.55. The highest BCUT2D eigenvalue weighted by atomic mass is 16.5. The second-order valence-corrected chi connectivity index (χ2v) is 6.33. The van der Waals surface area contributed by atoms with Crippen LogP contribution >= 0.6 is 0 Å². The Morgan fingerprint density at radius 1 is 1.14 bits per heavy atom. The Morgan fingerprint density at radius 2 is 1.79 bits per heavy atom. The van der Waals surface area contributed by atoms with E-state index in [0.29, 0.717) is 22.2 Å². The first kappa shape index (κ1) is 23.9. The number of nitrogens with one attached hydrogen (secondary N) is 2. The van der Waals surface area contributed by atoms with E-state index in [1.807, 2.05) is 45.9 Å². The molecule has 8 nitrogen and oxygen atoms in total. The lowest BCUT2D eigenvalue weighted by atomic mass is 10.1. The van der Waals surface area contributed by atoms with Gasteiger partial charge in [0.1, 0.15) is 0 Å². The summed E-state index contributed by atoms with van der Waals surface area (Å²) in [5.41, 5.74) is 1.54. The normalized spacial score (nSPS) is 10.1. The third kappa shape index (κ3) is 7.06. The molecule has 8 heteroatoms. The standard InChI is InChI=1S/C19H23N3O5.C2H6/c1-11(2)21-19(26)17-13-6-4-5-7-14(13)22-12(3)18(17)27-10-20-15(23)8-9-16(24)25;1-2/h4-7,11H,8-10H2,1-3H3,(H,20,23)(H,21,26)(H,24,25);1-2H3. The number of hydrogen-bond donors (Lipinski definition) is 3. The van der Waals surface area contributed by atoms with Crippen molar-refractivity contribution < 1.29 is 24.2 Å². The number of amides is 2. The minimum absolute atomic E-state index is 0.0618. The molecule has 0 saturated heterocycles. The van der Waals surface area contributed by atoms with E-state index in [1.165, 1.54) is 0 Å². The monoisotopic (exact) mass is 403 g/mol. The Morgan fingerprint density at radius 3 is 2.41 bits per heavy atom. The van der Waals surface area contributed by atoms with Gasteiger partial charge >= 0.3 is 5.97 Å². The van der Waals surface area contributed by atoms with Gasteiger partial charge < -0.3 is 20.5 Å². The van der Waals surface area contributed by atoms with E-state index in [9.17, 15) is 14.4 Å². The zero-order valence-electron chi connectivity index (χ0n) is 17.5. The Kier molecular flexibility index (Phi) is 9.58. The maximum Gasteiger partial charge on any atom is 0.303 e. The maximum absolute atomic E-state index is 12.7. The summed E-state index contributed by atoms with van der Waals surface area (Å²) in [6, 6.07) is 7.18. The van der Waals surface area contributed by atoms with Gasteiger partial charge in [0.05, 0.1) is 23.2 Å². The van der Waals surface area contributed by atoms with E-state index in [4.69, 9.17) is 9.84 Å². The molecule has 0 fully saturated rings. The number of nitrogens with zero attached hydrogens (tertiary/aromatic N) is 1. The van der Waals surface area contributed by atoms with Crippen molar-refractivity contribution in [3.05, 3.63) is 35.5 Å². The number of ether oxygens (including phenoxy) is 1. The third-order valence-corrected chi connectivity index (χ3v) is 3.72. The van der Waals surface area contributed by atoms with E-state index in [1.54, 1.807) is 13.0 Å². The zero-order chi connectivity index (χ0) is 22.0. The lowest BCUT2D eigenvalue weighted by Crippen LogP contribution is -2.32. The number of carboxylic acids is 1. The highest BCUT2D eigenvalue weighted by molar-refractivity contribution is 6.09. The zero-order valence-corrected chi connectivity index (χ0v) is 17.5. The van der Waals surface area contributed by atoms with Crippen molar-refractivity contribution >= 4 is 28.7 Å². The van der Waals surface area contributed by atoms with E-state index in [-0.39, 0.29) is 37.3 Å². The van der Waals surface area contributed by atoms with Gasteiger partial charge in [-0.25, -0.2) is 4.98 Å². The summed E-state index contributed by atoms with van der Waals surface area (Å²) in [5.74, 6) is -1.51. The molecule has 2 aromatic rings. The smallest absolute Gasteiger partial charge is 0.303 e. The van der Waals surface area contributed by atoms with Gasteiger partial charge in [-0.1, -0.05) is 32.0 Å². The molecule has 0 atom stereocenters. The number of rotatable bonds is 8. The second-order valence-electron chi connectivity index (χ2n) is 6.33. The van der Waals surface area contributed by atoms with Crippen molar-refractivity contribution in [2.75, 3.05) is 6.73 Å². The van der Waals surface area contributed by atoms with Crippen LogP contribution in [0.15, 0.2) is 24.3 Å². The summed E-state index contributed by atoms with van der Waals surface area (Å²) < 4.78 is 5.65. The summed E-state index contributed by atoms with van der Waals surface area (Å²) in [6.07, 6.45) is -0.404. The van der Waals surface area contributed by atoms with E-state index >= 15 is 0 Å². The maximum atomic E-state index is 12.7. The van der Waals surface area contributed by atoms with Crippen LogP contribution in [-0.2, 0) is 9.59 Å². The SMILES string of the molecule is CC.Cc1nc2ccccc2c(C(=O)NC(C)C)c1OCNC(=O)CCC(=O)O. The molecule has 2 amide bonds. The lowest BCUT2D eigenvalue weighted by molar-refractivity contribution is -0.139. The Balaban J connectivity index is 0.00000204. The van der Waals surface area contributed by atoms with Crippen LogP contribution in [0, 0.1) is 6.92 Å². The quantitative estimate of drug-likeness (QED) is 0.583. The average molecular weight is 403 g/mol. The molecule has 3 N–H and O–H groups in total. The van der Waals surface area contributed by atoms with E-state index < -0.39 is 11.9 Å². The van der Waals surface area contributed by atoms with Crippen LogP contribution in [-0.4, -0.2) is 40.6 Å². The van der Waals surface area contributed by atoms with Crippen LogP contribution in [0.25, 0.3) is 10.9 Å². The van der Waals surface area contributed by atoms with E-state index in [2.05, 4.69) is 15.6 Å². The molecule has 0 radical (unpaired) electrons. The molecule has 0 bridgehead atoms. The molecule has 1 heterocycles. The molecule has 1 aromatic heterocycles. The molecular weight excluding hydrogens is 374 g/mol. The van der Waals surface area contributed by atoms with Crippen LogP contribution in [0.1, 0.15) is 56.6 Å². The lowest BCUT2D eigenvalue weighted by Gasteiger charge is -2.17. The fraction of sp³-hybridized carbons (Fsp3) is 0.429. The van der Waals surface area contributed by atoms with Gasteiger partial charge in [-0.2, -0.15) is 0 Å². The number of carbonyl (C=O) groups excluding carboxylic acids is 2. The van der Waals surface area contributed by atoms with Crippen molar-refractivity contribution in [1.29, 1.82) is 0 Å². The number of pyridine rings is 1. The summed E-state index contributed by atoms with van der Waals surface area (Å²) in [7, 11) is 0. The molecule has 0 spiro atoms. The average Bonchev–Trinajstić information content (AvgIpc) is 2.67. The Labute approximate surface area is 170 Å². The highest BCUT2D eigenvalue weighted by Crippen LogP contribution is 2.29. The van der Waals surface area contributed by atoms with Crippen molar-refractivity contribution in [3.63, 3.8) is 0 Å². The number of aryl methyl sites for hydroxylation is 1. The number of benzene rings is 1. The molecular formula is C21H29N3O5. The third-order valence-electron chi connectivity index (χ3n) is 3.72.